The maximum absolute atomic E-state index is 11.6. The average molecular weight is 199 g/mol. The third-order valence-corrected chi connectivity index (χ3v) is 2.85. The summed E-state index contributed by atoms with van der Waals surface area (Å²) in [5.41, 5.74) is 5.57. The molecular weight excluding hydrogens is 178 g/mol. The molecule has 2 atom stereocenters. The number of carbonyl (C=O) groups is 1. The van der Waals surface area contributed by atoms with Crippen LogP contribution in [-0.2, 0) is 0 Å². The molecule has 0 aromatic heterocycles. The van der Waals surface area contributed by atoms with Crippen LogP contribution >= 0.6 is 0 Å². The number of carbonyl (C=O) groups excluding carboxylic acids is 1. The first-order valence-corrected chi connectivity index (χ1v) is 5.24. The van der Waals surface area contributed by atoms with Crippen LogP contribution in [0.5, 0.6) is 0 Å². The molecule has 2 N–H and O–H groups in total. The summed E-state index contributed by atoms with van der Waals surface area (Å²) in [5.74, 6) is 0.512. The second-order valence-corrected chi connectivity index (χ2v) is 4.39. The standard InChI is InChI=1S/C10H21N3O/c1-8(7-11)6-9-4-5-13(9)10(14)12(2)3/h8-9H,4-7,11H2,1-3H3. The van der Waals surface area contributed by atoms with Gasteiger partial charge in [0.05, 0.1) is 0 Å². The molecule has 1 rings (SSSR count). The lowest BCUT2D eigenvalue weighted by Crippen LogP contribution is -2.55. The zero-order valence-corrected chi connectivity index (χ0v) is 9.36. The molecule has 0 spiro atoms. The quantitative estimate of drug-likeness (QED) is 0.728. The predicted octanol–water partition coefficient (Wildman–Crippen LogP) is 0.727. The van der Waals surface area contributed by atoms with Gasteiger partial charge in [0.15, 0.2) is 0 Å². The van der Waals surface area contributed by atoms with Crippen molar-refractivity contribution in [2.75, 3.05) is 27.2 Å². The molecule has 0 aromatic rings. The van der Waals surface area contributed by atoms with E-state index in [1.807, 2.05) is 4.90 Å². The van der Waals surface area contributed by atoms with Crippen molar-refractivity contribution in [1.29, 1.82) is 0 Å². The van der Waals surface area contributed by atoms with E-state index in [2.05, 4.69) is 6.92 Å². The molecule has 0 radical (unpaired) electrons. The van der Waals surface area contributed by atoms with Gasteiger partial charge in [-0.1, -0.05) is 6.92 Å². The first-order chi connectivity index (χ1) is 6.56. The molecule has 4 heteroatoms. The lowest BCUT2D eigenvalue weighted by Gasteiger charge is -2.43. The van der Waals surface area contributed by atoms with Crippen molar-refractivity contribution in [2.24, 2.45) is 11.7 Å². The third-order valence-electron chi connectivity index (χ3n) is 2.85. The van der Waals surface area contributed by atoms with Crippen LogP contribution in [0.4, 0.5) is 4.79 Å². The van der Waals surface area contributed by atoms with Crippen LogP contribution in [0.2, 0.25) is 0 Å². The minimum atomic E-state index is 0.130. The topological polar surface area (TPSA) is 49.6 Å². The zero-order valence-electron chi connectivity index (χ0n) is 9.36. The largest absolute Gasteiger partial charge is 0.331 e. The molecule has 0 aromatic carbocycles. The van der Waals surface area contributed by atoms with E-state index in [4.69, 9.17) is 5.73 Å². The van der Waals surface area contributed by atoms with Gasteiger partial charge in [0.25, 0.3) is 0 Å². The van der Waals surface area contributed by atoms with E-state index in [-0.39, 0.29) is 6.03 Å². The molecule has 0 bridgehead atoms. The van der Waals surface area contributed by atoms with Crippen molar-refractivity contribution >= 4 is 6.03 Å². The van der Waals surface area contributed by atoms with Crippen LogP contribution in [0.25, 0.3) is 0 Å². The summed E-state index contributed by atoms with van der Waals surface area (Å²) in [6, 6.07) is 0.550. The van der Waals surface area contributed by atoms with Crippen molar-refractivity contribution in [3.8, 4) is 0 Å². The second kappa shape index (κ2) is 4.64. The van der Waals surface area contributed by atoms with Gasteiger partial charge in [0.1, 0.15) is 0 Å². The van der Waals surface area contributed by atoms with Crippen LogP contribution in [0.1, 0.15) is 19.8 Å². The fraction of sp³-hybridized carbons (Fsp3) is 0.900. The number of hydrogen-bond acceptors (Lipinski definition) is 2. The molecule has 1 saturated heterocycles. The number of rotatable bonds is 3. The maximum Gasteiger partial charge on any atom is 0.319 e. The summed E-state index contributed by atoms with van der Waals surface area (Å²) in [5, 5.41) is 0. The Morgan fingerprint density at radius 3 is 2.64 bits per heavy atom. The van der Waals surface area contributed by atoms with E-state index >= 15 is 0 Å². The van der Waals surface area contributed by atoms with Crippen molar-refractivity contribution < 1.29 is 4.79 Å². The highest BCUT2D eigenvalue weighted by atomic mass is 16.2. The fourth-order valence-electron chi connectivity index (χ4n) is 1.76. The Balaban J connectivity index is 2.39. The van der Waals surface area contributed by atoms with Gasteiger partial charge < -0.3 is 15.5 Å². The van der Waals surface area contributed by atoms with Gasteiger partial charge in [-0.15, -0.1) is 0 Å². The first-order valence-electron chi connectivity index (χ1n) is 5.24. The van der Waals surface area contributed by atoms with Gasteiger partial charge in [-0.2, -0.15) is 0 Å². The molecule has 1 aliphatic rings. The Hall–Kier alpha value is -0.770. The van der Waals surface area contributed by atoms with Crippen LogP contribution < -0.4 is 5.73 Å². The highest BCUT2D eigenvalue weighted by Crippen LogP contribution is 2.24. The first kappa shape index (κ1) is 11.3. The molecule has 0 saturated carbocycles. The molecule has 4 nitrogen and oxygen atoms in total. The summed E-state index contributed by atoms with van der Waals surface area (Å²) >= 11 is 0. The Morgan fingerprint density at radius 2 is 2.29 bits per heavy atom. The Labute approximate surface area is 86.0 Å². The Kier molecular flexibility index (Phi) is 3.75. The number of hydrogen-bond donors (Lipinski definition) is 1. The normalized spacial score (nSPS) is 22.9. The van der Waals surface area contributed by atoms with Crippen molar-refractivity contribution in [3.05, 3.63) is 0 Å². The van der Waals surface area contributed by atoms with Gasteiger partial charge in [-0.05, 0) is 25.3 Å². The maximum atomic E-state index is 11.6. The minimum absolute atomic E-state index is 0.130. The van der Waals surface area contributed by atoms with E-state index in [0.29, 0.717) is 18.5 Å². The summed E-state index contributed by atoms with van der Waals surface area (Å²) < 4.78 is 0. The second-order valence-electron chi connectivity index (χ2n) is 4.39. The van der Waals surface area contributed by atoms with Gasteiger partial charge in [0, 0.05) is 26.7 Å². The van der Waals surface area contributed by atoms with Crippen LogP contribution in [0, 0.1) is 5.92 Å². The molecule has 2 unspecified atom stereocenters. The van der Waals surface area contributed by atoms with Crippen molar-refractivity contribution in [1.82, 2.24) is 9.80 Å². The summed E-state index contributed by atoms with van der Waals surface area (Å²) in [6.07, 6.45) is 2.17. The monoisotopic (exact) mass is 199 g/mol. The van der Waals surface area contributed by atoms with E-state index in [1.165, 1.54) is 0 Å². The number of nitrogens with two attached hydrogens (primary N) is 1. The molecular formula is C10H21N3O. The molecule has 1 aliphatic heterocycles. The van der Waals surface area contributed by atoms with E-state index in [0.717, 1.165) is 19.4 Å². The Bertz CT molecular complexity index is 206. The number of amides is 2. The summed E-state index contributed by atoms with van der Waals surface area (Å²) in [7, 11) is 3.59. The van der Waals surface area contributed by atoms with E-state index in [9.17, 15) is 4.79 Å². The smallest absolute Gasteiger partial charge is 0.319 e. The molecule has 2 amide bonds. The third kappa shape index (κ3) is 2.38. The molecule has 1 heterocycles. The number of urea groups is 1. The van der Waals surface area contributed by atoms with E-state index < -0.39 is 0 Å². The van der Waals surface area contributed by atoms with E-state index in [1.54, 1.807) is 19.0 Å². The van der Waals surface area contributed by atoms with Crippen LogP contribution in [-0.4, -0.2) is 49.1 Å². The number of likely N-dealkylation sites (tertiary alicyclic amines) is 1. The van der Waals surface area contributed by atoms with Crippen LogP contribution in [0.3, 0.4) is 0 Å². The van der Waals surface area contributed by atoms with Crippen molar-refractivity contribution in [2.45, 2.75) is 25.8 Å². The summed E-state index contributed by atoms with van der Waals surface area (Å²) in [6.45, 7) is 3.75. The highest BCUT2D eigenvalue weighted by molar-refractivity contribution is 5.75. The lowest BCUT2D eigenvalue weighted by molar-refractivity contribution is 0.0831. The van der Waals surface area contributed by atoms with Crippen LogP contribution in [0.15, 0.2) is 0 Å². The molecule has 1 fully saturated rings. The molecule has 0 aliphatic carbocycles. The molecule has 14 heavy (non-hydrogen) atoms. The SMILES string of the molecule is CC(CN)CC1CCN1C(=O)N(C)C. The predicted molar refractivity (Wildman–Crippen MR) is 57.0 cm³/mol. The number of nitrogens with zero attached hydrogens (tertiary/aromatic N) is 2. The van der Waals surface area contributed by atoms with Gasteiger partial charge in [-0.3, -0.25) is 0 Å². The van der Waals surface area contributed by atoms with Gasteiger partial charge in [-0.25, -0.2) is 4.79 Å². The average Bonchev–Trinajstić information content (AvgIpc) is 2.11. The molecule has 82 valence electrons. The van der Waals surface area contributed by atoms with Gasteiger partial charge in [0.2, 0.25) is 0 Å². The minimum Gasteiger partial charge on any atom is -0.331 e. The highest BCUT2D eigenvalue weighted by Gasteiger charge is 2.33. The fourth-order valence-corrected chi connectivity index (χ4v) is 1.76. The lowest BCUT2D eigenvalue weighted by atomic mass is 9.93. The van der Waals surface area contributed by atoms with Crippen molar-refractivity contribution in [3.63, 3.8) is 0 Å². The Morgan fingerprint density at radius 1 is 1.64 bits per heavy atom. The summed E-state index contributed by atoms with van der Waals surface area (Å²) in [4.78, 5) is 15.2. The zero-order chi connectivity index (χ0) is 10.7. The van der Waals surface area contributed by atoms with Gasteiger partial charge >= 0.3 is 6.03 Å².